The van der Waals surface area contributed by atoms with Gasteiger partial charge < -0.3 is 10.1 Å². The van der Waals surface area contributed by atoms with Gasteiger partial charge in [0.2, 0.25) is 0 Å². The zero-order valence-electron chi connectivity index (χ0n) is 12.6. The Morgan fingerprint density at radius 3 is 2.81 bits per heavy atom. The van der Waals surface area contributed by atoms with E-state index in [4.69, 9.17) is 4.74 Å². The van der Waals surface area contributed by atoms with E-state index in [2.05, 4.69) is 27.2 Å². The molecular formula is C15H20N4OS. The lowest BCUT2D eigenvalue weighted by molar-refractivity contribution is 0.193. The molecule has 0 bridgehead atoms. The van der Waals surface area contributed by atoms with Crippen molar-refractivity contribution in [1.82, 2.24) is 15.0 Å². The molecule has 0 saturated carbocycles. The normalized spacial score (nSPS) is 18.1. The van der Waals surface area contributed by atoms with Crippen LogP contribution in [0.5, 0.6) is 0 Å². The summed E-state index contributed by atoms with van der Waals surface area (Å²) in [6.45, 7) is 8.37. The van der Waals surface area contributed by atoms with Gasteiger partial charge in [-0.25, -0.2) is 15.0 Å². The van der Waals surface area contributed by atoms with Crippen LogP contribution in [0.15, 0.2) is 6.07 Å². The monoisotopic (exact) mass is 304 g/mol. The number of ether oxygens (including phenoxy) is 1. The molecule has 2 aromatic heterocycles. The molecule has 1 saturated heterocycles. The van der Waals surface area contributed by atoms with Gasteiger partial charge in [0.05, 0.1) is 24.5 Å². The van der Waals surface area contributed by atoms with Gasteiger partial charge in [-0.2, -0.15) is 0 Å². The number of thiazole rings is 1. The highest BCUT2D eigenvalue weighted by atomic mass is 32.1. The van der Waals surface area contributed by atoms with Gasteiger partial charge >= 0.3 is 0 Å². The minimum Gasteiger partial charge on any atom is -0.381 e. The SMILES string of the molecule is Cc1nc(NCc2nc(C)c(C)s2)cc([C@@H]2CCOC2)n1. The van der Waals surface area contributed by atoms with E-state index >= 15 is 0 Å². The number of aromatic nitrogens is 3. The molecule has 0 amide bonds. The van der Waals surface area contributed by atoms with Crippen LogP contribution in [0, 0.1) is 20.8 Å². The molecule has 0 radical (unpaired) electrons. The summed E-state index contributed by atoms with van der Waals surface area (Å²) in [4.78, 5) is 14.8. The zero-order valence-corrected chi connectivity index (χ0v) is 13.5. The number of aryl methyl sites for hydroxylation is 3. The summed E-state index contributed by atoms with van der Waals surface area (Å²) in [7, 11) is 0. The summed E-state index contributed by atoms with van der Waals surface area (Å²) in [5, 5.41) is 4.45. The largest absolute Gasteiger partial charge is 0.381 e. The Labute approximate surface area is 128 Å². The van der Waals surface area contributed by atoms with Crippen LogP contribution in [0.25, 0.3) is 0 Å². The van der Waals surface area contributed by atoms with Crippen molar-refractivity contribution in [1.29, 1.82) is 0 Å². The maximum Gasteiger partial charge on any atom is 0.130 e. The fraction of sp³-hybridized carbons (Fsp3) is 0.533. The number of nitrogens with zero attached hydrogens (tertiary/aromatic N) is 3. The van der Waals surface area contributed by atoms with Crippen LogP contribution >= 0.6 is 11.3 Å². The van der Waals surface area contributed by atoms with E-state index in [1.807, 2.05) is 19.9 Å². The Hall–Kier alpha value is -1.53. The number of hydrogen-bond donors (Lipinski definition) is 1. The fourth-order valence-corrected chi connectivity index (χ4v) is 3.31. The lowest BCUT2D eigenvalue weighted by Gasteiger charge is -2.11. The van der Waals surface area contributed by atoms with Gasteiger partial charge in [0.25, 0.3) is 0 Å². The molecule has 0 aromatic carbocycles. The maximum atomic E-state index is 5.45. The van der Waals surface area contributed by atoms with E-state index < -0.39 is 0 Å². The second-order valence-electron chi connectivity index (χ2n) is 5.39. The lowest BCUT2D eigenvalue weighted by Crippen LogP contribution is -2.08. The first-order valence-corrected chi connectivity index (χ1v) is 8.03. The van der Waals surface area contributed by atoms with E-state index in [1.165, 1.54) is 4.88 Å². The molecule has 1 atom stereocenters. The van der Waals surface area contributed by atoms with E-state index in [-0.39, 0.29) is 0 Å². The van der Waals surface area contributed by atoms with Gasteiger partial charge in [-0.05, 0) is 27.2 Å². The Morgan fingerprint density at radius 2 is 2.14 bits per heavy atom. The molecule has 1 aliphatic rings. The highest BCUT2D eigenvalue weighted by Crippen LogP contribution is 2.25. The molecular weight excluding hydrogens is 284 g/mol. The predicted octanol–water partition coefficient (Wildman–Crippen LogP) is 2.97. The Balaban J connectivity index is 1.72. The molecule has 3 rings (SSSR count). The van der Waals surface area contributed by atoms with Crippen LogP contribution < -0.4 is 5.32 Å². The fourth-order valence-electron chi connectivity index (χ4n) is 2.44. The number of rotatable bonds is 4. The van der Waals surface area contributed by atoms with Crippen LogP contribution in [-0.4, -0.2) is 28.2 Å². The number of nitrogens with one attached hydrogen (secondary N) is 1. The van der Waals surface area contributed by atoms with Gasteiger partial charge in [0.15, 0.2) is 0 Å². The van der Waals surface area contributed by atoms with Crippen molar-refractivity contribution in [3.05, 3.63) is 33.2 Å². The molecule has 0 unspecified atom stereocenters. The summed E-state index contributed by atoms with van der Waals surface area (Å²) < 4.78 is 5.45. The Morgan fingerprint density at radius 1 is 1.29 bits per heavy atom. The van der Waals surface area contributed by atoms with Crippen molar-refractivity contribution in [3.8, 4) is 0 Å². The van der Waals surface area contributed by atoms with E-state index in [0.717, 1.165) is 47.7 Å². The molecule has 0 spiro atoms. The van der Waals surface area contributed by atoms with E-state index in [1.54, 1.807) is 11.3 Å². The first-order chi connectivity index (χ1) is 10.1. The summed E-state index contributed by atoms with van der Waals surface area (Å²) >= 11 is 1.73. The molecule has 5 nitrogen and oxygen atoms in total. The molecule has 1 fully saturated rings. The summed E-state index contributed by atoms with van der Waals surface area (Å²) in [5.41, 5.74) is 2.19. The van der Waals surface area contributed by atoms with Crippen molar-refractivity contribution in [2.24, 2.45) is 0 Å². The molecule has 6 heteroatoms. The van der Waals surface area contributed by atoms with Gasteiger partial charge in [-0.1, -0.05) is 0 Å². The van der Waals surface area contributed by atoms with Crippen LogP contribution in [0.3, 0.4) is 0 Å². The molecule has 2 aromatic rings. The van der Waals surface area contributed by atoms with Crippen molar-refractivity contribution < 1.29 is 4.74 Å². The van der Waals surface area contributed by atoms with Crippen molar-refractivity contribution in [2.45, 2.75) is 39.7 Å². The smallest absolute Gasteiger partial charge is 0.130 e. The summed E-state index contributed by atoms with van der Waals surface area (Å²) in [5.74, 6) is 2.07. The second kappa shape index (κ2) is 6.07. The molecule has 3 heterocycles. The van der Waals surface area contributed by atoms with Crippen molar-refractivity contribution >= 4 is 17.2 Å². The highest BCUT2D eigenvalue weighted by Gasteiger charge is 2.20. The molecule has 112 valence electrons. The van der Waals surface area contributed by atoms with Crippen molar-refractivity contribution in [2.75, 3.05) is 18.5 Å². The zero-order chi connectivity index (χ0) is 14.8. The predicted molar refractivity (Wildman–Crippen MR) is 83.9 cm³/mol. The maximum absolute atomic E-state index is 5.45. The third-order valence-electron chi connectivity index (χ3n) is 3.70. The average molecular weight is 304 g/mol. The lowest BCUT2D eigenvalue weighted by atomic mass is 10.0. The van der Waals surface area contributed by atoms with Gasteiger partial charge in [0, 0.05) is 23.5 Å². The second-order valence-corrected chi connectivity index (χ2v) is 6.68. The van der Waals surface area contributed by atoms with Gasteiger partial charge in [-0.3, -0.25) is 0 Å². The van der Waals surface area contributed by atoms with Crippen LogP contribution in [-0.2, 0) is 11.3 Å². The first-order valence-electron chi connectivity index (χ1n) is 7.22. The third-order valence-corrected chi connectivity index (χ3v) is 4.77. The van der Waals surface area contributed by atoms with Gasteiger partial charge in [-0.15, -0.1) is 11.3 Å². The standard InChI is InChI=1S/C15H20N4OS/c1-9-10(2)21-15(17-9)7-16-14-6-13(18-11(3)19-14)12-4-5-20-8-12/h6,12H,4-5,7-8H2,1-3H3,(H,16,18,19)/t12-/m1/s1. The number of hydrogen-bond acceptors (Lipinski definition) is 6. The Kier molecular flexibility index (Phi) is 4.17. The average Bonchev–Trinajstić information content (AvgIpc) is 3.07. The quantitative estimate of drug-likeness (QED) is 0.941. The summed E-state index contributed by atoms with van der Waals surface area (Å²) in [6.07, 6.45) is 1.04. The first kappa shape index (κ1) is 14.4. The molecule has 1 N–H and O–H groups in total. The van der Waals surface area contributed by atoms with E-state index in [0.29, 0.717) is 12.5 Å². The molecule has 1 aliphatic heterocycles. The van der Waals surface area contributed by atoms with Crippen molar-refractivity contribution in [3.63, 3.8) is 0 Å². The molecule has 0 aliphatic carbocycles. The minimum atomic E-state index is 0.400. The van der Waals surface area contributed by atoms with E-state index in [9.17, 15) is 0 Å². The molecule has 21 heavy (non-hydrogen) atoms. The Bertz CT molecular complexity index is 615. The minimum absolute atomic E-state index is 0.400. The summed E-state index contributed by atoms with van der Waals surface area (Å²) in [6, 6.07) is 2.04. The third kappa shape index (κ3) is 3.39. The highest BCUT2D eigenvalue weighted by molar-refractivity contribution is 7.11. The van der Waals surface area contributed by atoms with Crippen LogP contribution in [0.2, 0.25) is 0 Å². The van der Waals surface area contributed by atoms with Gasteiger partial charge in [0.1, 0.15) is 16.6 Å². The topological polar surface area (TPSA) is 59.9 Å². The van der Waals surface area contributed by atoms with Crippen LogP contribution in [0.1, 0.15) is 39.4 Å². The van der Waals surface area contributed by atoms with Crippen LogP contribution in [0.4, 0.5) is 5.82 Å². The number of anilines is 1.